The molecule has 1 rings (SSSR count). The van der Waals surface area contributed by atoms with Gasteiger partial charge in [0.25, 0.3) is 0 Å². The fourth-order valence-electron chi connectivity index (χ4n) is 1.01. The monoisotopic (exact) mass is 186 g/mol. The molecule has 0 heterocycles. The Kier molecular flexibility index (Phi) is 3.28. The Morgan fingerprint density at radius 3 is 2.73 bits per heavy atom. The zero-order valence-corrected chi connectivity index (χ0v) is 8.30. The van der Waals surface area contributed by atoms with Crippen LogP contribution in [0, 0.1) is 13.8 Å². The first-order valence-electron chi connectivity index (χ1n) is 3.53. The van der Waals surface area contributed by atoms with Gasteiger partial charge in [-0.3, -0.25) is 0 Å². The van der Waals surface area contributed by atoms with Crippen LogP contribution in [0.1, 0.15) is 16.7 Å². The Balaban J connectivity index is 2.93. The highest BCUT2D eigenvalue weighted by atomic mass is 35.7. The minimum absolute atomic E-state index is 0.898. The van der Waals surface area contributed by atoms with Crippen LogP contribution >= 0.6 is 21.7 Å². The van der Waals surface area contributed by atoms with Crippen LogP contribution in [0.2, 0.25) is 0 Å². The highest BCUT2D eigenvalue weighted by Gasteiger charge is 1.96. The molecule has 0 N–H and O–H groups in total. The average Bonchev–Trinajstić information content (AvgIpc) is 1.98. The highest BCUT2D eigenvalue weighted by molar-refractivity contribution is 8.20. The van der Waals surface area contributed by atoms with Gasteiger partial charge in [0.15, 0.2) is 0 Å². The summed E-state index contributed by atoms with van der Waals surface area (Å²) in [6, 6.07) is 6.44. The number of hydrogen-bond donors (Lipinski definition) is 0. The molecule has 1 aromatic rings. The molecule has 60 valence electrons. The van der Waals surface area contributed by atoms with Crippen molar-refractivity contribution in [2.45, 2.75) is 19.6 Å². The van der Waals surface area contributed by atoms with Crippen LogP contribution in [-0.4, -0.2) is 0 Å². The molecular weight excluding hydrogens is 176 g/mol. The van der Waals surface area contributed by atoms with E-state index in [1.54, 1.807) is 0 Å². The lowest BCUT2D eigenvalue weighted by Crippen LogP contribution is -1.85. The summed E-state index contributed by atoms with van der Waals surface area (Å²) >= 11 is 0. The van der Waals surface area contributed by atoms with Crippen LogP contribution in [0.4, 0.5) is 0 Å². The lowest BCUT2D eigenvalue weighted by molar-refractivity contribution is 1.28. The Labute approximate surface area is 76.5 Å². The number of benzene rings is 1. The van der Waals surface area contributed by atoms with Gasteiger partial charge in [-0.1, -0.05) is 34.7 Å². The first kappa shape index (κ1) is 8.95. The van der Waals surface area contributed by atoms with E-state index in [0.717, 1.165) is 5.75 Å². The van der Waals surface area contributed by atoms with E-state index < -0.39 is 0 Å². The molecule has 0 saturated carbocycles. The van der Waals surface area contributed by atoms with E-state index in [0.29, 0.717) is 0 Å². The van der Waals surface area contributed by atoms with Crippen LogP contribution in [0.5, 0.6) is 0 Å². The molecule has 1 aromatic carbocycles. The lowest BCUT2D eigenvalue weighted by atomic mass is 10.1. The van der Waals surface area contributed by atoms with E-state index in [1.807, 2.05) is 0 Å². The molecule has 11 heavy (non-hydrogen) atoms. The summed E-state index contributed by atoms with van der Waals surface area (Å²) in [6.07, 6.45) is 0. The van der Waals surface area contributed by atoms with Crippen LogP contribution in [0.3, 0.4) is 0 Å². The summed E-state index contributed by atoms with van der Waals surface area (Å²) < 4.78 is 0. The van der Waals surface area contributed by atoms with Gasteiger partial charge in [-0.15, -0.1) is 0 Å². The van der Waals surface area contributed by atoms with Crippen LogP contribution < -0.4 is 0 Å². The smallest absolute Gasteiger partial charge is 0.0339 e. The Bertz CT molecular complexity index is 245. The van der Waals surface area contributed by atoms with Gasteiger partial charge in [0.1, 0.15) is 0 Å². The van der Waals surface area contributed by atoms with Crippen molar-refractivity contribution in [1.29, 1.82) is 0 Å². The lowest BCUT2D eigenvalue weighted by Gasteiger charge is -2.03. The van der Waals surface area contributed by atoms with Crippen molar-refractivity contribution in [2.75, 3.05) is 0 Å². The summed E-state index contributed by atoms with van der Waals surface area (Å²) in [5, 5.41) is 0. The molecule has 0 aromatic heterocycles. The van der Waals surface area contributed by atoms with Crippen molar-refractivity contribution in [2.24, 2.45) is 0 Å². The summed E-state index contributed by atoms with van der Waals surface area (Å²) in [4.78, 5) is 0. The standard InChI is InChI=1S/C9H11ClS/c1-7-3-4-8(2)9(5-7)6-11-10/h3-5H,6H2,1-2H3. The third-order valence-corrected chi connectivity index (χ3v) is 2.46. The second-order valence-electron chi connectivity index (χ2n) is 2.68. The summed E-state index contributed by atoms with van der Waals surface area (Å²) in [6.45, 7) is 4.21. The van der Waals surface area contributed by atoms with Gasteiger partial charge in [-0.25, -0.2) is 0 Å². The largest absolute Gasteiger partial charge is 0.0590 e. The van der Waals surface area contributed by atoms with E-state index in [1.165, 1.54) is 27.7 Å². The van der Waals surface area contributed by atoms with Crippen molar-refractivity contribution in [3.05, 3.63) is 34.9 Å². The molecule has 0 unspecified atom stereocenters. The molecule has 0 nitrogen and oxygen atoms in total. The fraction of sp³-hybridized carbons (Fsp3) is 0.333. The first-order chi connectivity index (χ1) is 5.24. The molecule has 0 atom stereocenters. The van der Waals surface area contributed by atoms with Crippen molar-refractivity contribution in [1.82, 2.24) is 0 Å². The van der Waals surface area contributed by atoms with Gasteiger partial charge < -0.3 is 0 Å². The minimum atomic E-state index is 0.898. The summed E-state index contributed by atoms with van der Waals surface area (Å²) in [7, 11) is 6.93. The van der Waals surface area contributed by atoms with Crippen molar-refractivity contribution < 1.29 is 0 Å². The average molecular weight is 187 g/mol. The zero-order valence-electron chi connectivity index (χ0n) is 6.73. The van der Waals surface area contributed by atoms with Crippen LogP contribution in [0.15, 0.2) is 18.2 Å². The van der Waals surface area contributed by atoms with E-state index in [9.17, 15) is 0 Å². The van der Waals surface area contributed by atoms with Crippen LogP contribution in [0.25, 0.3) is 0 Å². The highest BCUT2D eigenvalue weighted by Crippen LogP contribution is 2.19. The predicted molar refractivity (Wildman–Crippen MR) is 53.1 cm³/mol. The maximum atomic E-state index is 5.58. The quantitative estimate of drug-likeness (QED) is 0.679. The number of rotatable bonds is 2. The topological polar surface area (TPSA) is 0 Å². The first-order valence-corrected chi connectivity index (χ1v) is 5.35. The molecule has 0 aliphatic heterocycles. The van der Waals surface area contributed by atoms with E-state index in [4.69, 9.17) is 10.7 Å². The number of hydrogen-bond acceptors (Lipinski definition) is 1. The normalized spacial score (nSPS) is 10.1. The van der Waals surface area contributed by atoms with Crippen LogP contribution in [-0.2, 0) is 5.75 Å². The molecular formula is C9H11ClS. The molecule has 0 aliphatic carbocycles. The van der Waals surface area contributed by atoms with Gasteiger partial charge in [-0.2, -0.15) is 0 Å². The maximum Gasteiger partial charge on any atom is 0.0339 e. The molecule has 0 radical (unpaired) electrons. The maximum absolute atomic E-state index is 5.58. The summed E-state index contributed by atoms with van der Waals surface area (Å²) in [5.41, 5.74) is 3.96. The molecule has 0 saturated heterocycles. The Morgan fingerprint density at radius 1 is 1.36 bits per heavy atom. The van der Waals surface area contributed by atoms with Crippen molar-refractivity contribution in [3.8, 4) is 0 Å². The van der Waals surface area contributed by atoms with Gasteiger partial charge in [0.05, 0.1) is 0 Å². The third kappa shape index (κ3) is 2.42. The van der Waals surface area contributed by atoms with E-state index >= 15 is 0 Å². The molecule has 2 heteroatoms. The van der Waals surface area contributed by atoms with Gasteiger partial charge in [-0.05, 0) is 35.7 Å². The summed E-state index contributed by atoms with van der Waals surface area (Å²) in [5.74, 6) is 0.898. The third-order valence-electron chi connectivity index (χ3n) is 1.71. The van der Waals surface area contributed by atoms with Gasteiger partial charge >= 0.3 is 0 Å². The zero-order chi connectivity index (χ0) is 8.27. The predicted octanol–water partition coefficient (Wildman–Crippen LogP) is 3.69. The van der Waals surface area contributed by atoms with Crippen molar-refractivity contribution in [3.63, 3.8) is 0 Å². The molecule has 0 amide bonds. The van der Waals surface area contributed by atoms with E-state index in [2.05, 4.69) is 32.0 Å². The molecule has 0 bridgehead atoms. The van der Waals surface area contributed by atoms with E-state index in [-0.39, 0.29) is 0 Å². The van der Waals surface area contributed by atoms with Crippen molar-refractivity contribution >= 4 is 21.7 Å². The van der Waals surface area contributed by atoms with Gasteiger partial charge in [0.2, 0.25) is 0 Å². The fourth-order valence-corrected chi connectivity index (χ4v) is 1.80. The number of halogens is 1. The SMILES string of the molecule is Cc1ccc(C)c(CSCl)c1. The van der Waals surface area contributed by atoms with Gasteiger partial charge in [0, 0.05) is 5.75 Å². The Hall–Kier alpha value is -0.140. The molecule has 0 aliphatic rings. The second-order valence-corrected chi connectivity index (χ2v) is 3.84. The Morgan fingerprint density at radius 2 is 2.09 bits per heavy atom. The molecule has 0 spiro atoms. The minimum Gasteiger partial charge on any atom is -0.0590 e. The molecule has 0 fully saturated rings. The number of aryl methyl sites for hydroxylation is 2. The second kappa shape index (κ2) is 4.03.